The quantitative estimate of drug-likeness (QED) is 0.723. The summed E-state index contributed by atoms with van der Waals surface area (Å²) < 4.78 is 60.8. The average Bonchev–Trinajstić information content (AvgIpc) is 2.62. The molecule has 0 radical (unpaired) electrons. The number of ether oxygens (including phenoxy) is 4. The van der Waals surface area contributed by atoms with Gasteiger partial charge in [-0.3, -0.25) is 4.99 Å². The van der Waals surface area contributed by atoms with E-state index in [9.17, 15) is 13.2 Å². The van der Waals surface area contributed by atoms with Gasteiger partial charge in [0.15, 0.2) is 17.7 Å². The van der Waals surface area contributed by atoms with E-state index in [4.69, 9.17) is 30.5 Å². The van der Waals surface area contributed by atoms with Crippen LogP contribution in [-0.4, -0.2) is 47.1 Å². The lowest BCUT2D eigenvalue weighted by molar-refractivity contribution is -0.0862. The Hall–Kier alpha value is -2.19. The third kappa shape index (κ3) is 4.06. The molecule has 0 fully saturated rings. The Morgan fingerprint density at radius 3 is 2.19 bits per heavy atom. The number of allylic oxidation sites excluding steroid dienone is 1. The van der Waals surface area contributed by atoms with Crippen molar-refractivity contribution < 1.29 is 32.1 Å². The molecule has 1 aromatic rings. The predicted octanol–water partition coefficient (Wildman–Crippen LogP) is 4.52. The maximum Gasteiger partial charge on any atom is 0.419 e. The number of hydrogen-bond acceptors (Lipinski definition) is 5. The molecule has 0 aromatic heterocycles. The second-order valence-corrected chi connectivity index (χ2v) is 5.95. The molecular weight excluding hydrogens is 387 g/mol. The van der Waals surface area contributed by atoms with E-state index in [1.807, 2.05) is 0 Å². The molecule has 0 spiro atoms. The lowest BCUT2D eigenvalue weighted by Gasteiger charge is -2.23. The number of nitrogens with zero attached hydrogens (tertiary/aromatic N) is 1. The van der Waals surface area contributed by atoms with Crippen LogP contribution >= 0.6 is 11.6 Å². The third-order valence-electron chi connectivity index (χ3n) is 4.00. The van der Waals surface area contributed by atoms with Gasteiger partial charge in [0, 0.05) is 24.5 Å². The van der Waals surface area contributed by atoms with Crippen molar-refractivity contribution in [2.45, 2.75) is 19.3 Å². The molecule has 1 atom stereocenters. The van der Waals surface area contributed by atoms with E-state index >= 15 is 0 Å². The summed E-state index contributed by atoms with van der Waals surface area (Å²) in [5.74, 6) is 1.03. The third-order valence-corrected chi connectivity index (χ3v) is 4.42. The molecule has 0 N–H and O–H groups in total. The summed E-state index contributed by atoms with van der Waals surface area (Å²) in [5, 5.41) is -0.486. The van der Waals surface area contributed by atoms with Gasteiger partial charge in [0.1, 0.15) is 0 Å². The number of benzene rings is 1. The van der Waals surface area contributed by atoms with E-state index in [0.29, 0.717) is 34.6 Å². The van der Waals surface area contributed by atoms with E-state index in [-0.39, 0.29) is 5.57 Å². The molecule has 0 bridgehead atoms. The summed E-state index contributed by atoms with van der Waals surface area (Å²) >= 11 is 6.06. The maximum atomic E-state index is 13.2. The zero-order chi connectivity index (χ0) is 20.4. The first-order chi connectivity index (χ1) is 12.7. The molecule has 1 aromatic carbocycles. The number of alkyl halides is 3. The van der Waals surface area contributed by atoms with Gasteiger partial charge in [-0.1, -0.05) is 11.6 Å². The second kappa shape index (κ2) is 8.22. The van der Waals surface area contributed by atoms with Crippen molar-refractivity contribution >= 4 is 23.9 Å². The van der Waals surface area contributed by atoms with E-state index in [2.05, 4.69) is 4.99 Å². The zero-order valence-electron chi connectivity index (χ0n) is 15.4. The number of aryl methyl sites for hydroxylation is 1. The van der Waals surface area contributed by atoms with Crippen molar-refractivity contribution in [2.75, 3.05) is 28.4 Å². The largest absolute Gasteiger partial charge is 0.493 e. The van der Waals surface area contributed by atoms with Gasteiger partial charge in [0.05, 0.1) is 31.9 Å². The van der Waals surface area contributed by atoms with E-state index in [1.165, 1.54) is 34.5 Å². The molecule has 0 saturated carbocycles. The van der Waals surface area contributed by atoms with Crippen molar-refractivity contribution in [1.29, 1.82) is 0 Å². The van der Waals surface area contributed by atoms with Gasteiger partial charge in [0.25, 0.3) is 0 Å². The molecular formula is C18H19ClF3NO4. The molecule has 2 rings (SSSR count). The number of aliphatic imine (C=N–C) groups is 1. The van der Waals surface area contributed by atoms with Gasteiger partial charge >= 0.3 is 6.18 Å². The highest BCUT2D eigenvalue weighted by Gasteiger charge is 2.39. The molecule has 0 saturated heterocycles. The SMILES string of the molecule is COc1cc(C)c(C=C2C(Cl)=C(C(F)(F)F)C=NC2OC)c(OC)c1OC. The highest BCUT2D eigenvalue weighted by Crippen LogP contribution is 2.44. The lowest BCUT2D eigenvalue weighted by Crippen LogP contribution is -2.24. The normalized spacial score (nSPS) is 18.9. The van der Waals surface area contributed by atoms with Gasteiger partial charge in [-0.05, 0) is 24.6 Å². The highest BCUT2D eigenvalue weighted by atomic mass is 35.5. The Labute approximate surface area is 160 Å². The number of hydrogen-bond donors (Lipinski definition) is 0. The summed E-state index contributed by atoms with van der Waals surface area (Å²) in [7, 11) is 5.66. The first-order valence-corrected chi connectivity index (χ1v) is 8.11. The minimum absolute atomic E-state index is 0.0580. The van der Waals surface area contributed by atoms with Gasteiger partial charge in [-0.25, -0.2) is 0 Å². The van der Waals surface area contributed by atoms with Gasteiger partial charge in [-0.15, -0.1) is 0 Å². The van der Waals surface area contributed by atoms with Gasteiger partial charge in [-0.2, -0.15) is 13.2 Å². The molecule has 9 heteroatoms. The van der Waals surface area contributed by atoms with Gasteiger partial charge < -0.3 is 18.9 Å². The smallest absolute Gasteiger partial charge is 0.419 e. The summed E-state index contributed by atoms with van der Waals surface area (Å²) in [6.45, 7) is 1.76. The maximum absolute atomic E-state index is 13.2. The van der Waals surface area contributed by atoms with E-state index in [0.717, 1.165) is 0 Å². The predicted molar refractivity (Wildman–Crippen MR) is 97.0 cm³/mol. The first kappa shape index (κ1) is 21.1. The zero-order valence-corrected chi connectivity index (χ0v) is 16.2. The molecule has 1 heterocycles. The van der Waals surface area contributed by atoms with Gasteiger partial charge in [0.2, 0.25) is 5.75 Å². The molecule has 1 unspecified atom stereocenters. The van der Waals surface area contributed by atoms with E-state index in [1.54, 1.807) is 13.0 Å². The topological polar surface area (TPSA) is 49.3 Å². The number of dihydropyridines is 1. The lowest BCUT2D eigenvalue weighted by atomic mass is 9.99. The Kier molecular flexibility index (Phi) is 6.43. The van der Waals surface area contributed by atoms with Crippen LogP contribution < -0.4 is 14.2 Å². The molecule has 5 nitrogen and oxygen atoms in total. The Bertz CT molecular complexity index is 816. The molecule has 1 aliphatic rings. The molecule has 27 heavy (non-hydrogen) atoms. The monoisotopic (exact) mass is 405 g/mol. The van der Waals surface area contributed by atoms with E-state index < -0.39 is 23.0 Å². The van der Waals surface area contributed by atoms with Crippen LogP contribution in [0.1, 0.15) is 11.1 Å². The summed E-state index contributed by atoms with van der Waals surface area (Å²) in [6.07, 6.45) is -3.50. The standard InChI is InChI=1S/C18H19ClF3NO4/c1-9-6-13(24-2)16(26-4)15(25-3)10(9)7-11-14(19)12(18(20,21)22)8-23-17(11)27-5/h6-8,17H,1-5H3. The summed E-state index contributed by atoms with van der Waals surface area (Å²) in [4.78, 5) is 3.81. The summed E-state index contributed by atoms with van der Waals surface area (Å²) in [5.41, 5.74) is 0.173. The summed E-state index contributed by atoms with van der Waals surface area (Å²) in [6, 6.07) is 1.68. The fourth-order valence-corrected chi connectivity index (χ4v) is 3.00. The van der Waals surface area contributed by atoms with Crippen LogP contribution in [0.15, 0.2) is 27.2 Å². The van der Waals surface area contributed by atoms with Crippen molar-refractivity contribution in [2.24, 2.45) is 4.99 Å². The Morgan fingerprint density at radius 2 is 1.70 bits per heavy atom. The first-order valence-electron chi connectivity index (χ1n) is 7.74. The van der Waals surface area contributed by atoms with Crippen LogP contribution in [0.4, 0.5) is 13.2 Å². The van der Waals surface area contributed by atoms with Crippen molar-refractivity contribution in [1.82, 2.24) is 0 Å². The minimum Gasteiger partial charge on any atom is -0.493 e. The van der Waals surface area contributed by atoms with Crippen LogP contribution in [0.5, 0.6) is 17.2 Å². The number of halogens is 4. The van der Waals surface area contributed by atoms with Crippen molar-refractivity contribution in [3.63, 3.8) is 0 Å². The number of methoxy groups -OCH3 is 4. The minimum atomic E-state index is -4.64. The Morgan fingerprint density at radius 1 is 1.07 bits per heavy atom. The van der Waals surface area contributed by atoms with Crippen molar-refractivity contribution in [3.05, 3.63) is 33.4 Å². The second-order valence-electron chi connectivity index (χ2n) is 5.57. The fraction of sp³-hybridized carbons (Fsp3) is 0.389. The Balaban J connectivity index is 2.75. The van der Waals surface area contributed by atoms with Crippen LogP contribution in [0.3, 0.4) is 0 Å². The van der Waals surface area contributed by atoms with Crippen LogP contribution in [0.2, 0.25) is 0 Å². The fourth-order valence-electron chi connectivity index (χ4n) is 2.70. The number of rotatable bonds is 5. The highest BCUT2D eigenvalue weighted by molar-refractivity contribution is 6.34. The molecule has 0 aliphatic carbocycles. The van der Waals surface area contributed by atoms with Crippen LogP contribution in [-0.2, 0) is 4.74 Å². The molecule has 148 valence electrons. The van der Waals surface area contributed by atoms with Crippen LogP contribution in [0.25, 0.3) is 6.08 Å². The van der Waals surface area contributed by atoms with Crippen molar-refractivity contribution in [3.8, 4) is 17.2 Å². The van der Waals surface area contributed by atoms with Crippen LogP contribution in [0, 0.1) is 6.92 Å². The average molecular weight is 406 g/mol. The molecule has 1 aliphatic heterocycles. The molecule has 0 amide bonds.